The van der Waals surface area contributed by atoms with Gasteiger partial charge in [-0.15, -0.1) is 0 Å². The summed E-state index contributed by atoms with van der Waals surface area (Å²) < 4.78 is 6.90. The molecule has 0 atom stereocenters. The number of anilines is 1. The lowest BCUT2D eigenvalue weighted by Gasteiger charge is -2.01. The van der Waals surface area contributed by atoms with Gasteiger partial charge >= 0.3 is 0 Å². The first-order valence-electron chi connectivity index (χ1n) is 4.77. The molecule has 0 fully saturated rings. The normalized spacial score (nSPS) is 11.1. The average Bonchev–Trinajstić information content (AvgIpc) is 2.56. The van der Waals surface area contributed by atoms with Crippen LogP contribution in [0.5, 0.6) is 0 Å². The Balaban J connectivity index is 2.42. The highest BCUT2D eigenvalue weighted by Gasteiger charge is 2.06. The maximum atomic E-state index is 5.84. The first kappa shape index (κ1) is 9.92. The summed E-state index contributed by atoms with van der Waals surface area (Å²) in [7, 11) is 3.60. The van der Waals surface area contributed by atoms with E-state index >= 15 is 0 Å². The maximum Gasteiger partial charge on any atom is 0.136 e. The monoisotopic (exact) mass is 206 g/mol. The average molecular weight is 206 g/mol. The van der Waals surface area contributed by atoms with E-state index in [2.05, 4.69) is 9.97 Å². The molecule has 0 amide bonds. The highest BCUT2D eigenvalue weighted by atomic mass is 16.5. The Morgan fingerprint density at radius 1 is 1.40 bits per heavy atom. The van der Waals surface area contributed by atoms with Crippen LogP contribution in [0.15, 0.2) is 12.4 Å². The second-order valence-corrected chi connectivity index (χ2v) is 3.49. The Labute approximate surface area is 87.9 Å². The van der Waals surface area contributed by atoms with Gasteiger partial charge in [0.1, 0.15) is 11.6 Å². The van der Waals surface area contributed by atoms with E-state index in [9.17, 15) is 0 Å². The minimum Gasteiger partial charge on any atom is -0.384 e. The van der Waals surface area contributed by atoms with Crippen molar-refractivity contribution in [2.24, 2.45) is 7.05 Å². The van der Waals surface area contributed by atoms with E-state index < -0.39 is 0 Å². The predicted octanol–water partition coefficient (Wildman–Crippen LogP) is 0.739. The van der Waals surface area contributed by atoms with Gasteiger partial charge in [0.25, 0.3) is 0 Å². The Morgan fingerprint density at radius 2 is 2.20 bits per heavy atom. The minimum atomic E-state index is 0.534. The third-order valence-electron chi connectivity index (χ3n) is 2.24. The molecular weight excluding hydrogens is 192 g/mol. The summed E-state index contributed by atoms with van der Waals surface area (Å²) in [5, 5.41) is 0.902. The van der Waals surface area contributed by atoms with Gasteiger partial charge in [0, 0.05) is 33.0 Å². The number of aryl methyl sites for hydroxylation is 1. The van der Waals surface area contributed by atoms with Crippen molar-refractivity contribution in [3.63, 3.8) is 0 Å². The predicted molar refractivity (Wildman–Crippen MR) is 58.5 cm³/mol. The number of aromatic nitrogens is 3. The quantitative estimate of drug-likeness (QED) is 0.804. The number of nitrogens with two attached hydrogens (primary N) is 1. The fourth-order valence-electron chi connectivity index (χ4n) is 1.52. The zero-order valence-corrected chi connectivity index (χ0v) is 8.90. The molecule has 2 N–H and O–H groups in total. The molecule has 2 aromatic rings. The van der Waals surface area contributed by atoms with E-state index in [1.54, 1.807) is 7.11 Å². The van der Waals surface area contributed by atoms with Crippen LogP contribution in [-0.2, 0) is 18.2 Å². The van der Waals surface area contributed by atoms with Crippen molar-refractivity contribution in [2.45, 2.75) is 6.42 Å². The first-order chi connectivity index (χ1) is 7.20. The van der Waals surface area contributed by atoms with Crippen molar-refractivity contribution in [1.29, 1.82) is 0 Å². The summed E-state index contributed by atoms with van der Waals surface area (Å²) in [6, 6.07) is 0. The van der Waals surface area contributed by atoms with Gasteiger partial charge in [-0.1, -0.05) is 0 Å². The van der Waals surface area contributed by atoms with Crippen molar-refractivity contribution >= 4 is 16.7 Å². The highest BCUT2D eigenvalue weighted by molar-refractivity contribution is 5.87. The molecule has 2 aromatic heterocycles. The number of rotatable bonds is 3. The smallest absolute Gasteiger partial charge is 0.136 e. The molecule has 0 aliphatic carbocycles. The molecule has 0 aliphatic rings. The molecule has 0 spiro atoms. The maximum absolute atomic E-state index is 5.84. The zero-order chi connectivity index (χ0) is 10.8. The molecule has 5 heteroatoms. The van der Waals surface area contributed by atoms with Crippen molar-refractivity contribution in [3.8, 4) is 0 Å². The van der Waals surface area contributed by atoms with Crippen LogP contribution in [0.2, 0.25) is 0 Å². The zero-order valence-electron chi connectivity index (χ0n) is 8.90. The van der Waals surface area contributed by atoms with E-state index in [-0.39, 0.29) is 0 Å². The minimum absolute atomic E-state index is 0.534. The van der Waals surface area contributed by atoms with Gasteiger partial charge in [-0.2, -0.15) is 0 Å². The Morgan fingerprint density at radius 3 is 2.93 bits per heavy atom. The molecule has 2 rings (SSSR count). The molecule has 0 unspecified atom stereocenters. The van der Waals surface area contributed by atoms with Gasteiger partial charge in [0.2, 0.25) is 0 Å². The molecule has 5 nitrogen and oxygen atoms in total. The molecule has 0 saturated carbocycles. The number of nitrogens with zero attached hydrogens (tertiary/aromatic N) is 3. The van der Waals surface area contributed by atoms with E-state index in [0.717, 1.165) is 16.7 Å². The van der Waals surface area contributed by atoms with Gasteiger partial charge in [-0.05, 0) is 0 Å². The Hall–Kier alpha value is -1.62. The molecule has 80 valence electrons. The summed E-state index contributed by atoms with van der Waals surface area (Å²) in [6.45, 7) is 0.609. The van der Waals surface area contributed by atoms with Crippen LogP contribution in [0.1, 0.15) is 5.82 Å². The van der Waals surface area contributed by atoms with Crippen molar-refractivity contribution in [1.82, 2.24) is 14.5 Å². The Bertz CT molecular complexity index is 477. The number of hydrogen-bond donors (Lipinski definition) is 1. The summed E-state index contributed by atoms with van der Waals surface area (Å²) >= 11 is 0. The summed E-state index contributed by atoms with van der Waals surface area (Å²) in [5.41, 5.74) is 6.72. The summed E-state index contributed by atoms with van der Waals surface area (Å²) in [6.07, 6.45) is 4.54. The van der Waals surface area contributed by atoms with Crippen LogP contribution in [0.25, 0.3) is 10.9 Å². The number of hydrogen-bond acceptors (Lipinski definition) is 4. The van der Waals surface area contributed by atoms with Gasteiger partial charge in [-0.3, -0.25) is 0 Å². The lowest BCUT2D eigenvalue weighted by atomic mass is 10.3. The number of fused-ring (bicyclic) bond motifs is 1. The standard InChI is InChI=1S/C10H14N4O/c1-14-5-7-8(6-14)12-9(3-4-15-2)13-10(7)11/h5-6H,3-4H2,1-2H3,(H2,11,12,13). The lowest BCUT2D eigenvalue weighted by Crippen LogP contribution is -2.03. The van der Waals surface area contributed by atoms with Crippen molar-refractivity contribution in [3.05, 3.63) is 18.2 Å². The first-order valence-corrected chi connectivity index (χ1v) is 4.77. The van der Waals surface area contributed by atoms with Gasteiger partial charge < -0.3 is 15.0 Å². The SMILES string of the molecule is COCCc1nc(N)c2cn(C)cc2n1. The third kappa shape index (κ3) is 1.92. The summed E-state index contributed by atoms with van der Waals surface area (Å²) in [5.74, 6) is 1.26. The van der Waals surface area contributed by atoms with Gasteiger partial charge in [0.15, 0.2) is 0 Å². The van der Waals surface area contributed by atoms with Crippen LogP contribution < -0.4 is 5.73 Å². The second-order valence-electron chi connectivity index (χ2n) is 3.49. The number of nitrogen functional groups attached to an aromatic ring is 1. The fourth-order valence-corrected chi connectivity index (χ4v) is 1.52. The molecule has 0 aromatic carbocycles. The van der Waals surface area contributed by atoms with Crippen LogP contribution >= 0.6 is 0 Å². The van der Waals surface area contributed by atoms with E-state index in [4.69, 9.17) is 10.5 Å². The summed E-state index contributed by atoms with van der Waals surface area (Å²) in [4.78, 5) is 8.63. The van der Waals surface area contributed by atoms with Crippen LogP contribution in [0, 0.1) is 0 Å². The number of methoxy groups -OCH3 is 1. The van der Waals surface area contributed by atoms with Crippen molar-refractivity contribution < 1.29 is 4.74 Å². The molecular formula is C10H14N4O. The van der Waals surface area contributed by atoms with Gasteiger partial charge in [0.05, 0.1) is 17.5 Å². The number of ether oxygens (including phenoxy) is 1. The fraction of sp³-hybridized carbons (Fsp3) is 0.400. The third-order valence-corrected chi connectivity index (χ3v) is 2.24. The molecule has 2 heterocycles. The van der Waals surface area contributed by atoms with Crippen LogP contribution in [0.3, 0.4) is 0 Å². The second kappa shape index (κ2) is 3.86. The highest BCUT2D eigenvalue weighted by Crippen LogP contribution is 2.18. The van der Waals surface area contributed by atoms with Gasteiger partial charge in [-0.25, -0.2) is 9.97 Å². The lowest BCUT2D eigenvalue weighted by molar-refractivity contribution is 0.200. The largest absolute Gasteiger partial charge is 0.384 e. The van der Waals surface area contributed by atoms with Crippen LogP contribution in [-0.4, -0.2) is 28.3 Å². The molecule has 0 radical (unpaired) electrons. The van der Waals surface area contributed by atoms with E-state index in [1.807, 2.05) is 24.0 Å². The Kier molecular flexibility index (Phi) is 2.55. The molecule has 0 aliphatic heterocycles. The molecule has 0 saturated heterocycles. The topological polar surface area (TPSA) is 66.0 Å². The van der Waals surface area contributed by atoms with E-state index in [0.29, 0.717) is 18.8 Å². The molecule has 15 heavy (non-hydrogen) atoms. The van der Waals surface area contributed by atoms with E-state index in [1.165, 1.54) is 0 Å². The van der Waals surface area contributed by atoms with Crippen molar-refractivity contribution in [2.75, 3.05) is 19.5 Å². The molecule has 0 bridgehead atoms. The van der Waals surface area contributed by atoms with Crippen LogP contribution in [0.4, 0.5) is 5.82 Å².